The topological polar surface area (TPSA) is 50.9 Å². The standard InChI is InChI=1S/C33H43N5O/c1-36(30-19-24-38(26-30)25-27-11-4-2-5-12-27)20-10-21-37-22-17-29(18-23-37)34-33(39)35-32-16-9-8-15-31(32)28-13-6-3-7-14-28/h2-9,11-16,29-30H,10,17-26H2,1H3,(H2,34,35,39)/t30-/m1/s1. The van der Waals surface area contributed by atoms with E-state index in [9.17, 15) is 4.79 Å². The number of amides is 2. The molecule has 0 spiro atoms. The quantitative estimate of drug-likeness (QED) is 0.365. The van der Waals surface area contributed by atoms with Gasteiger partial charge in [-0.1, -0.05) is 78.9 Å². The third-order valence-corrected chi connectivity index (χ3v) is 8.29. The van der Waals surface area contributed by atoms with Crippen LogP contribution in [-0.4, -0.2) is 79.1 Å². The zero-order valence-corrected chi connectivity index (χ0v) is 23.3. The maximum atomic E-state index is 12.8. The number of para-hydroxylation sites is 1. The molecule has 2 amide bonds. The summed E-state index contributed by atoms with van der Waals surface area (Å²) in [5.41, 5.74) is 4.39. The van der Waals surface area contributed by atoms with Crippen molar-refractivity contribution in [2.24, 2.45) is 0 Å². The number of hydrogen-bond acceptors (Lipinski definition) is 4. The number of anilines is 1. The summed E-state index contributed by atoms with van der Waals surface area (Å²) in [7, 11) is 2.29. The van der Waals surface area contributed by atoms with Crippen molar-refractivity contribution in [3.05, 3.63) is 90.5 Å². The van der Waals surface area contributed by atoms with Crippen molar-refractivity contribution in [1.82, 2.24) is 20.0 Å². The Hall–Kier alpha value is -3.19. The number of rotatable bonds is 10. The minimum Gasteiger partial charge on any atom is -0.335 e. The summed E-state index contributed by atoms with van der Waals surface area (Å²) in [5.74, 6) is 0. The van der Waals surface area contributed by atoms with E-state index in [-0.39, 0.29) is 12.1 Å². The van der Waals surface area contributed by atoms with Gasteiger partial charge in [0.05, 0.1) is 5.69 Å². The Morgan fingerprint density at radius 2 is 1.51 bits per heavy atom. The van der Waals surface area contributed by atoms with Gasteiger partial charge in [-0.3, -0.25) is 4.90 Å². The SMILES string of the molecule is CN(CCCN1CCC(NC(=O)Nc2ccccc2-c2ccccc2)CC1)[C@@H]1CCN(Cc2ccccc2)C1. The molecule has 39 heavy (non-hydrogen) atoms. The third-order valence-electron chi connectivity index (χ3n) is 8.29. The minimum atomic E-state index is -0.115. The van der Waals surface area contributed by atoms with E-state index in [0.29, 0.717) is 6.04 Å². The molecule has 0 aromatic heterocycles. The van der Waals surface area contributed by atoms with Crippen LogP contribution in [0.5, 0.6) is 0 Å². The highest BCUT2D eigenvalue weighted by molar-refractivity contribution is 5.94. The van der Waals surface area contributed by atoms with E-state index >= 15 is 0 Å². The van der Waals surface area contributed by atoms with Crippen molar-refractivity contribution in [3.63, 3.8) is 0 Å². The smallest absolute Gasteiger partial charge is 0.319 e. The fourth-order valence-electron chi connectivity index (χ4n) is 5.99. The predicted octanol–water partition coefficient (Wildman–Crippen LogP) is 5.54. The van der Waals surface area contributed by atoms with Gasteiger partial charge in [-0.25, -0.2) is 4.79 Å². The van der Waals surface area contributed by atoms with Crippen molar-refractivity contribution < 1.29 is 4.79 Å². The lowest BCUT2D eigenvalue weighted by Crippen LogP contribution is -2.46. The van der Waals surface area contributed by atoms with E-state index < -0.39 is 0 Å². The lowest BCUT2D eigenvalue weighted by molar-refractivity contribution is 0.175. The molecule has 3 aromatic rings. The number of nitrogens with zero attached hydrogens (tertiary/aromatic N) is 3. The number of carbonyl (C=O) groups is 1. The molecule has 2 aliphatic heterocycles. The number of benzene rings is 3. The molecule has 1 atom stereocenters. The van der Waals surface area contributed by atoms with Crippen molar-refractivity contribution in [1.29, 1.82) is 0 Å². The maximum Gasteiger partial charge on any atom is 0.319 e. The van der Waals surface area contributed by atoms with Gasteiger partial charge in [-0.05, 0) is 63.0 Å². The van der Waals surface area contributed by atoms with Crippen molar-refractivity contribution >= 4 is 11.7 Å². The molecule has 2 N–H and O–H groups in total. The third kappa shape index (κ3) is 7.91. The summed E-state index contributed by atoms with van der Waals surface area (Å²) in [4.78, 5) is 20.5. The first-order valence-electron chi connectivity index (χ1n) is 14.5. The van der Waals surface area contributed by atoms with E-state index in [1.54, 1.807) is 0 Å². The molecular formula is C33H43N5O. The largest absolute Gasteiger partial charge is 0.335 e. The lowest BCUT2D eigenvalue weighted by atomic mass is 10.0. The molecule has 2 aliphatic rings. The van der Waals surface area contributed by atoms with Gasteiger partial charge in [0.15, 0.2) is 0 Å². The van der Waals surface area contributed by atoms with Crippen molar-refractivity contribution in [3.8, 4) is 11.1 Å². The second kappa shape index (κ2) is 13.7. The van der Waals surface area contributed by atoms with Gasteiger partial charge in [0, 0.05) is 50.4 Å². The Balaban J connectivity index is 0.985. The zero-order valence-electron chi connectivity index (χ0n) is 23.3. The first-order valence-corrected chi connectivity index (χ1v) is 14.5. The van der Waals surface area contributed by atoms with Crippen LogP contribution in [0.4, 0.5) is 10.5 Å². The number of likely N-dealkylation sites (tertiary alicyclic amines) is 2. The Kier molecular flexibility index (Phi) is 9.65. The van der Waals surface area contributed by atoms with Crippen LogP contribution in [0.25, 0.3) is 11.1 Å². The molecule has 2 fully saturated rings. The van der Waals surface area contributed by atoms with Crippen molar-refractivity contribution in [2.75, 3.05) is 51.6 Å². The Morgan fingerprint density at radius 3 is 2.28 bits per heavy atom. The second-order valence-electron chi connectivity index (χ2n) is 11.1. The van der Waals surface area contributed by atoms with E-state index in [2.05, 4.69) is 74.8 Å². The van der Waals surface area contributed by atoms with Gasteiger partial charge in [0.1, 0.15) is 0 Å². The van der Waals surface area contributed by atoms with Crippen molar-refractivity contribution in [2.45, 2.75) is 44.3 Å². The van der Waals surface area contributed by atoms with Gasteiger partial charge in [0.2, 0.25) is 0 Å². The van der Waals surface area contributed by atoms with Crippen LogP contribution in [0.2, 0.25) is 0 Å². The molecule has 0 unspecified atom stereocenters. The van der Waals surface area contributed by atoms with Crippen LogP contribution in [0.3, 0.4) is 0 Å². The molecule has 0 saturated carbocycles. The number of hydrogen-bond donors (Lipinski definition) is 2. The van der Waals surface area contributed by atoms with Crippen LogP contribution >= 0.6 is 0 Å². The van der Waals surface area contributed by atoms with E-state index in [1.165, 1.54) is 31.5 Å². The van der Waals surface area contributed by atoms with E-state index in [0.717, 1.165) is 62.4 Å². The summed E-state index contributed by atoms with van der Waals surface area (Å²) in [6.07, 6.45) is 4.46. The van der Waals surface area contributed by atoms with Gasteiger partial charge in [-0.2, -0.15) is 0 Å². The molecule has 0 radical (unpaired) electrons. The van der Waals surface area contributed by atoms with Gasteiger partial charge < -0.3 is 20.4 Å². The summed E-state index contributed by atoms with van der Waals surface area (Å²) >= 11 is 0. The van der Waals surface area contributed by atoms with Crippen LogP contribution in [0.15, 0.2) is 84.9 Å². The normalized spacial score (nSPS) is 18.9. The molecular weight excluding hydrogens is 482 g/mol. The van der Waals surface area contributed by atoms with Gasteiger partial charge in [0.25, 0.3) is 0 Å². The number of likely N-dealkylation sites (N-methyl/N-ethyl adjacent to an activating group) is 1. The summed E-state index contributed by atoms with van der Waals surface area (Å²) in [6, 6.07) is 29.8. The summed E-state index contributed by atoms with van der Waals surface area (Å²) in [5, 5.41) is 6.29. The van der Waals surface area contributed by atoms with E-state index in [4.69, 9.17) is 0 Å². The fourth-order valence-corrected chi connectivity index (χ4v) is 5.99. The van der Waals surface area contributed by atoms with Crippen LogP contribution < -0.4 is 10.6 Å². The Morgan fingerprint density at radius 1 is 0.846 bits per heavy atom. The van der Waals surface area contributed by atoms with Crippen LogP contribution in [0, 0.1) is 0 Å². The number of carbonyl (C=O) groups excluding carboxylic acids is 1. The molecule has 6 heteroatoms. The first-order chi connectivity index (χ1) is 19.1. The number of piperidine rings is 1. The Labute approximate surface area is 234 Å². The van der Waals surface area contributed by atoms with Gasteiger partial charge >= 0.3 is 6.03 Å². The number of urea groups is 1. The van der Waals surface area contributed by atoms with Crippen LogP contribution in [-0.2, 0) is 6.54 Å². The molecule has 6 nitrogen and oxygen atoms in total. The molecule has 3 aromatic carbocycles. The lowest BCUT2D eigenvalue weighted by Gasteiger charge is -2.33. The zero-order chi connectivity index (χ0) is 26.9. The highest BCUT2D eigenvalue weighted by Gasteiger charge is 2.26. The molecule has 2 saturated heterocycles. The first kappa shape index (κ1) is 27.4. The Bertz CT molecular complexity index is 1160. The summed E-state index contributed by atoms with van der Waals surface area (Å²) < 4.78 is 0. The van der Waals surface area contributed by atoms with Crippen LogP contribution in [0.1, 0.15) is 31.2 Å². The maximum absolute atomic E-state index is 12.8. The monoisotopic (exact) mass is 525 g/mol. The predicted molar refractivity (Wildman–Crippen MR) is 161 cm³/mol. The average molecular weight is 526 g/mol. The average Bonchev–Trinajstić information content (AvgIpc) is 3.44. The molecule has 0 aliphatic carbocycles. The summed E-state index contributed by atoms with van der Waals surface area (Å²) in [6.45, 7) is 7.79. The highest BCUT2D eigenvalue weighted by Crippen LogP contribution is 2.27. The number of nitrogens with one attached hydrogen (secondary N) is 2. The fraction of sp³-hybridized carbons (Fsp3) is 0.424. The highest BCUT2D eigenvalue weighted by atomic mass is 16.2. The molecule has 206 valence electrons. The second-order valence-corrected chi connectivity index (χ2v) is 11.1. The molecule has 2 heterocycles. The molecule has 5 rings (SSSR count). The van der Waals surface area contributed by atoms with Gasteiger partial charge in [-0.15, -0.1) is 0 Å². The molecule has 0 bridgehead atoms. The minimum absolute atomic E-state index is 0.115. The van der Waals surface area contributed by atoms with E-state index in [1.807, 2.05) is 42.5 Å².